The van der Waals surface area contributed by atoms with Gasteiger partial charge in [0.15, 0.2) is 0 Å². The van der Waals surface area contributed by atoms with Gasteiger partial charge in [-0.15, -0.1) is 0 Å². The molecular formula is C31H23NO2S. The highest BCUT2D eigenvalue weighted by atomic mass is 32.2. The quantitative estimate of drug-likeness (QED) is 0.314. The number of imide groups is 1. The van der Waals surface area contributed by atoms with Crippen molar-refractivity contribution in [2.75, 3.05) is 4.90 Å². The van der Waals surface area contributed by atoms with Crippen molar-refractivity contribution in [3.63, 3.8) is 0 Å². The van der Waals surface area contributed by atoms with E-state index in [4.69, 9.17) is 0 Å². The van der Waals surface area contributed by atoms with Crippen molar-refractivity contribution in [1.29, 1.82) is 0 Å². The van der Waals surface area contributed by atoms with Crippen LogP contribution in [0.1, 0.15) is 41.0 Å². The molecule has 4 heteroatoms. The van der Waals surface area contributed by atoms with Crippen molar-refractivity contribution in [3.8, 4) is 0 Å². The summed E-state index contributed by atoms with van der Waals surface area (Å²) in [6, 6.07) is 34.7. The number of hydrogen-bond donors (Lipinski definition) is 0. The summed E-state index contributed by atoms with van der Waals surface area (Å²) in [7, 11) is 0. The molecule has 2 bridgehead atoms. The highest BCUT2D eigenvalue weighted by molar-refractivity contribution is 7.99. The van der Waals surface area contributed by atoms with Gasteiger partial charge in [0.2, 0.25) is 11.8 Å². The summed E-state index contributed by atoms with van der Waals surface area (Å²) in [6.07, 6.45) is 0. The SMILES string of the molecule is CC12C(=O)N(c3ccc(Sc4ccccc4)cc3)C(=O)C1C1c3ccccc3C2c2ccccc21. The number of benzene rings is 4. The van der Waals surface area contributed by atoms with E-state index in [0.29, 0.717) is 5.69 Å². The fourth-order valence-electron chi connectivity index (χ4n) is 6.65. The minimum atomic E-state index is -0.804. The molecule has 1 heterocycles. The number of anilines is 1. The van der Waals surface area contributed by atoms with Gasteiger partial charge in [-0.1, -0.05) is 78.5 Å². The summed E-state index contributed by atoms with van der Waals surface area (Å²) in [6.45, 7) is 2.01. The first-order valence-corrected chi connectivity index (χ1v) is 12.8. The highest BCUT2D eigenvalue weighted by Crippen LogP contribution is 2.67. The van der Waals surface area contributed by atoms with E-state index in [1.54, 1.807) is 11.8 Å². The fourth-order valence-corrected chi connectivity index (χ4v) is 7.49. The smallest absolute Gasteiger partial charge is 0.241 e. The molecule has 2 unspecified atom stereocenters. The van der Waals surface area contributed by atoms with Crippen LogP contribution in [-0.2, 0) is 9.59 Å². The second-order valence-electron chi connectivity index (χ2n) is 9.82. The zero-order valence-electron chi connectivity index (χ0n) is 19.2. The van der Waals surface area contributed by atoms with Crippen LogP contribution in [0.3, 0.4) is 0 Å². The van der Waals surface area contributed by atoms with Gasteiger partial charge in [0, 0.05) is 21.6 Å². The summed E-state index contributed by atoms with van der Waals surface area (Å²) < 4.78 is 0. The maximum atomic E-state index is 14.2. The van der Waals surface area contributed by atoms with Gasteiger partial charge in [0.05, 0.1) is 17.0 Å². The predicted molar refractivity (Wildman–Crippen MR) is 138 cm³/mol. The Kier molecular flexibility index (Phi) is 4.40. The van der Waals surface area contributed by atoms with Crippen LogP contribution in [0, 0.1) is 11.3 Å². The van der Waals surface area contributed by atoms with Gasteiger partial charge in [0.25, 0.3) is 0 Å². The summed E-state index contributed by atoms with van der Waals surface area (Å²) in [5.74, 6) is -0.802. The van der Waals surface area contributed by atoms with Gasteiger partial charge in [-0.2, -0.15) is 0 Å². The van der Waals surface area contributed by atoms with Crippen molar-refractivity contribution in [2.24, 2.45) is 11.3 Å². The molecule has 3 nitrogen and oxygen atoms in total. The summed E-state index contributed by atoms with van der Waals surface area (Å²) in [5, 5.41) is 0. The van der Waals surface area contributed by atoms with Gasteiger partial charge in [-0.05, 0) is 65.6 Å². The zero-order chi connectivity index (χ0) is 23.7. The third-order valence-electron chi connectivity index (χ3n) is 8.09. The summed E-state index contributed by atoms with van der Waals surface area (Å²) in [5.41, 5.74) is 4.61. The molecule has 4 aliphatic rings. The lowest BCUT2D eigenvalue weighted by Crippen LogP contribution is -2.49. The van der Waals surface area contributed by atoms with E-state index < -0.39 is 11.3 Å². The van der Waals surface area contributed by atoms with E-state index in [1.807, 2.05) is 73.7 Å². The van der Waals surface area contributed by atoms with Crippen LogP contribution in [0.4, 0.5) is 5.69 Å². The molecule has 0 radical (unpaired) electrons. The van der Waals surface area contributed by atoms with Crippen LogP contribution in [-0.4, -0.2) is 11.8 Å². The number of amides is 2. The maximum Gasteiger partial charge on any atom is 0.241 e. The molecule has 0 aromatic heterocycles. The van der Waals surface area contributed by atoms with Crippen molar-refractivity contribution >= 4 is 29.3 Å². The average molecular weight is 474 g/mol. The normalized spacial score (nSPS) is 25.9. The predicted octanol–water partition coefficient (Wildman–Crippen LogP) is 6.62. The van der Waals surface area contributed by atoms with Gasteiger partial charge in [-0.3, -0.25) is 9.59 Å². The molecule has 4 aromatic carbocycles. The molecule has 4 aromatic rings. The molecule has 1 fully saturated rings. The van der Waals surface area contributed by atoms with E-state index in [1.165, 1.54) is 27.2 Å². The van der Waals surface area contributed by atoms with E-state index in [2.05, 4.69) is 36.4 Å². The Balaban J connectivity index is 1.31. The first-order chi connectivity index (χ1) is 17.1. The molecule has 1 aliphatic heterocycles. The number of nitrogens with zero attached hydrogens (tertiary/aromatic N) is 1. The van der Waals surface area contributed by atoms with E-state index in [9.17, 15) is 9.59 Å². The Morgan fingerprint density at radius 3 is 1.77 bits per heavy atom. The van der Waals surface area contributed by atoms with Gasteiger partial charge < -0.3 is 0 Å². The fraction of sp³-hybridized carbons (Fsp3) is 0.161. The standard InChI is InChI=1S/C31H23NO2S/c1-31-27-24-13-7-5-11-22(24)26(23-12-6-8-14-25(23)27)28(31)29(33)32(30(31)34)19-15-17-21(18-16-19)35-20-9-3-2-4-10-20/h2-18,26-28H,1H3. The largest absolute Gasteiger partial charge is 0.274 e. The minimum absolute atomic E-state index is 0.0834. The number of rotatable bonds is 3. The lowest BCUT2D eigenvalue weighted by Gasteiger charge is -2.51. The van der Waals surface area contributed by atoms with E-state index in [0.717, 1.165) is 9.79 Å². The lowest BCUT2D eigenvalue weighted by atomic mass is 9.48. The third kappa shape index (κ3) is 2.74. The van der Waals surface area contributed by atoms with Crippen LogP contribution in [0.5, 0.6) is 0 Å². The van der Waals surface area contributed by atoms with Crippen LogP contribution < -0.4 is 4.90 Å². The van der Waals surface area contributed by atoms with Gasteiger partial charge in [-0.25, -0.2) is 4.90 Å². The summed E-state index contributed by atoms with van der Waals surface area (Å²) in [4.78, 5) is 31.9. The molecule has 170 valence electrons. The summed E-state index contributed by atoms with van der Waals surface area (Å²) >= 11 is 1.67. The molecule has 8 rings (SSSR count). The van der Waals surface area contributed by atoms with Gasteiger partial charge >= 0.3 is 0 Å². The van der Waals surface area contributed by atoms with E-state index >= 15 is 0 Å². The minimum Gasteiger partial charge on any atom is -0.274 e. The molecule has 1 saturated heterocycles. The average Bonchev–Trinajstić information content (AvgIpc) is 3.10. The Morgan fingerprint density at radius 1 is 0.657 bits per heavy atom. The van der Waals surface area contributed by atoms with E-state index in [-0.39, 0.29) is 23.7 Å². The Labute approximate surface area is 208 Å². The molecule has 35 heavy (non-hydrogen) atoms. The second-order valence-corrected chi connectivity index (χ2v) is 11.0. The Bertz CT molecular complexity index is 1450. The highest BCUT2D eigenvalue weighted by Gasteiger charge is 2.68. The second kappa shape index (κ2) is 7.43. The molecule has 3 aliphatic carbocycles. The number of hydrogen-bond acceptors (Lipinski definition) is 3. The first-order valence-electron chi connectivity index (χ1n) is 12.0. The monoisotopic (exact) mass is 473 g/mol. The third-order valence-corrected chi connectivity index (χ3v) is 9.10. The number of carbonyl (C=O) groups excluding carboxylic acids is 2. The maximum absolute atomic E-state index is 14.2. The zero-order valence-corrected chi connectivity index (χ0v) is 20.0. The van der Waals surface area contributed by atoms with Crippen LogP contribution in [0.2, 0.25) is 0 Å². The van der Waals surface area contributed by atoms with Crippen molar-refractivity contribution in [3.05, 3.63) is 125 Å². The lowest BCUT2D eigenvalue weighted by molar-refractivity contribution is -0.128. The molecule has 2 atom stereocenters. The van der Waals surface area contributed by atoms with Crippen LogP contribution in [0.15, 0.2) is 113 Å². The number of carbonyl (C=O) groups is 2. The van der Waals surface area contributed by atoms with Crippen molar-refractivity contribution in [1.82, 2.24) is 0 Å². The molecular weight excluding hydrogens is 450 g/mol. The first kappa shape index (κ1) is 20.7. The topological polar surface area (TPSA) is 37.4 Å². The molecule has 0 saturated carbocycles. The van der Waals surface area contributed by atoms with Crippen LogP contribution >= 0.6 is 11.8 Å². The Hall–Kier alpha value is -3.63. The van der Waals surface area contributed by atoms with Crippen LogP contribution in [0.25, 0.3) is 0 Å². The molecule has 0 N–H and O–H groups in total. The van der Waals surface area contributed by atoms with Gasteiger partial charge in [0.1, 0.15) is 0 Å². The molecule has 2 amide bonds. The van der Waals surface area contributed by atoms with Crippen molar-refractivity contribution in [2.45, 2.75) is 28.6 Å². The Morgan fingerprint density at radius 2 is 1.17 bits per heavy atom. The van der Waals surface area contributed by atoms with Crippen molar-refractivity contribution < 1.29 is 9.59 Å². The molecule has 0 spiro atoms.